The maximum absolute atomic E-state index is 13.8. The number of fused-ring (bicyclic) bond motifs is 1. The third-order valence-corrected chi connectivity index (χ3v) is 4.13. The Morgan fingerprint density at radius 2 is 2.18 bits per heavy atom. The summed E-state index contributed by atoms with van der Waals surface area (Å²) in [6.45, 7) is 1.84. The molecule has 2 aliphatic rings. The lowest BCUT2D eigenvalue weighted by Crippen LogP contribution is -2.42. The van der Waals surface area contributed by atoms with Crippen molar-refractivity contribution in [2.45, 2.75) is 25.4 Å². The molecule has 0 aliphatic carbocycles. The van der Waals surface area contributed by atoms with Crippen LogP contribution in [0.5, 0.6) is 5.75 Å². The summed E-state index contributed by atoms with van der Waals surface area (Å²) < 4.78 is 19.6. The number of carbonyl (C=O) groups excluding carboxylic acids is 1. The predicted molar refractivity (Wildman–Crippen MR) is 83.1 cm³/mol. The average Bonchev–Trinajstić information content (AvgIpc) is 2.48. The Hall–Kier alpha value is -1.37. The Labute approximate surface area is 134 Å². The maximum Gasteiger partial charge on any atom is 0.224 e. The van der Waals surface area contributed by atoms with Crippen LogP contribution < -0.4 is 15.4 Å². The maximum atomic E-state index is 13.8. The third kappa shape index (κ3) is 3.51. The van der Waals surface area contributed by atoms with Gasteiger partial charge in [0.25, 0.3) is 0 Å². The molecule has 0 aromatic heterocycles. The van der Waals surface area contributed by atoms with Gasteiger partial charge in [0.2, 0.25) is 5.91 Å². The molecule has 3 N–H and O–H groups in total. The summed E-state index contributed by atoms with van der Waals surface area (Å²) in [4.78, 5) is 11.4. The van der Waals surface area contributed by atoms with Gasteiger partial charge in [-0.2, -0.15) is 0 Å². The molecule has 7 heteroatoms. The molecule has 122 valence electrons. The Kier molecular flexibility index (Phi) is 5.61. The second-order valence-corrected chi connectivity index (χ2v) is 5.58. The molecule has 1 saturated heterocycles. The fraction of sp³-hybridized carbons (Fsp3) is 0.533. The highest BCUT2D eigenvalue weighted by atomic mass is 35.5. The standard InChI is InChI=1S/C15H19FN2O3.ClH/c16-11-2-3-13(10-1-4-14(20)18-15(10)11)21-8-9-5-6-17-7-12(9)19;/h2-3,9,12,17,19H,1,4-8H2,(H,18,20);1H. The number of ether oxygens (including phenoxy) is 1. The molecule has 1 amide bonds. The zero-order valence-corrected chi connectivity index (χ0v) is 12.9. The van der Waals surface area contributed by atoms with Crippen LogP contribution in [0.25, 0.3) is 0 Å². The van der Waals surface area contributed by atoms with E-state index in [2.05, 4.69) is 10.6 Å². The van der Waals surface area contributed by atoms with Gasteiger partial charge in [-0.15, -0.1) is 12.4 Å². The summed E-state index contributed by atoms with van der Waals surface area (Å²) >= 11 is 0. The van der Waals surface area contributed by atoms with Crippen molar-refractivity contribution in [3.8, 4) is 5.75 Å². The van der Waals surface area contributed by atoms with E-state index in [4.69, 9.17) is 4.74 Å². The quantitative estimate of drug-likeness (QED) is 0.785. The molecule has 2 aliphatic heterocycles. The molecule has 3 rings (SSSR count). The number of hydrogen-bond acceptors (Lipinski definition) is 4. The van der Waals surface area contributed by atoms with Crippen molar-refractivity contribution in [1.82, 2.24) is 5.32 Å². The number of amides is 1. The lowest BCUT2D eigenvalue weighted by Gasteiger charge is -2.29. The van der Waals surface area contributed by atoms with E-state index in [9.17, 15) is 14.3 Å². The van der Waals surface area contributed by atoms with Crippen LogP contribution in [-0.2, 0) is 11.2 Å². The van der Waals surface area contributed by atoms with Crippen molar-refractivity contribution >= 4 is 24.0 Å². The van der Waals surface area contributed by atoms with Crippen LogP contribution in [0.2, 0.25) is 0 Å². The van der Waals surface area contributed by atoms with E-state index in [-0.39, 0.29) is 29.9 Å². The van der Waals surface area contributed by atoms with Crippen LogP contribution in [0.15, 0.2) is 12.1 Å². The normalized spacial score (nSPS) is 24.0. The van der Waals surface area contributed by atoms with Gasteiger partial charge < -0.3 is 20.5 Å². The predicted octanol–water partition coefficient (Wildman–Crippen LogP) is 1.48. The first-order chi connectivity index (χ1) is 10.1. The molecular formula is C15H20ClFN2O3. The number of hydrogen-bond donors (Lipinski definition) is 3. The molecule has 2 heterocycles. The first-order valence-electron chi connectivity index (χ1n) is 7.28. The van der Waals surface area contributed by atoms with Gasteiger partial charge in [0, 0.05) is 24.4 Å². The lowest BCUT2D eigenvalue weighted by molar-refractivity contribution is -0.116. The minimum absolute atomic E-state index is 0. The molecular weight excluding hydrogens is 311 g/mol. The van der Waals surface area contributed by atoms with E-state index >= 15 is 0 Å². The van der Waals surface area contributed by atoms with Crippen LogP contribution >= 0.6 is 12.4 Å². The lowest BCUT2D eigenvalue weighted by atomic mass is 9.96. The van der Waals surface area contributed by atoms with Crippen LogP contribution in [-0.4, -0.2) is 36.8 Å². The smallest absolute Gasteiger partial charge is 0.224 e. The van der Waals surface area contributed by atoms with Crippen molar-refractivity contribution < 1.29 is 19.0 Å². The second-order valence-electron chi connectivity index (χ2n) is 5.58. The van der Waals surface area contributed by atoms with Crippen molar-refractivity contribution in [3.05, 3.63) is 23.5 Å². The summed E-state index contributed by atoms with van der Waals surface area (Å²) in [7, 11) is 0. The number of aliphatic hydroxyl groups excluding tert-OH is 1. The number of anilines is 1. The molecule has 5 nitrogen and oxygen atoms in total. The SMILES string of the molecule is Cl.O=C1CCc2c(OCC3CCNCC3O)ccc(F)c2N1. The van der Waals surface area contributed by atoms with Crippen LogP contribution in [0.1, 0.15) is 18.4 Å². The number of β-amino-alcohol motifs (C(OH)–C–C–N with tert-alkyl or cyclic N) is 1. The molecule has 2 unspecified atom stereocenters. The Morgan fingerprint density at radius 1 is 1.36 bits per heavy atom. The molecule has 0 bridgehead atoms. The minimum atomic E-state index is -0.438. The highest BCUT2D eigenvalue weighted by molar-refractivity contribution is 5.94. The Morgan fingerprint density at radius 3 is 2.95 bits per heavy atom. The molecule has 1 aromatic carbocycles. The third-order valence-electron chi connectivity index (χ3n) is 4.13. The second kappa shape index (κ2) is 7.26. The van der Waals surface area contributed by atoms with Gasteiger partial charge in [0.15, 0.2) is 0 Å². The molecule has 0 radical (unpaired) electrons. The number of aliphatic hydroxyl groups is 1. The van der Waals surface area contributed by atoms with Crippen molar-refractivity contribution in [3.63, 3.8) is 0 Å². The Balaban J connectivity index is 0.00000176. The number of carbonyl (C=O) groups is 1. The van der Waals surface area contributed by atoms with Gasteiger partial charge in [-0.05, 0) is 31.5 Å². The Bertz CT molecular complexity index is 556. The van der Waals surface area contributed by atoms with Crippen LogP contribution in [0.3, 0.4) is 0 Å². The molecule has 0 saturated carbocycles. The summed E-state index contributed by atoms with van der Waals surface area (Å²) in [5.74, 6) is 0.0573. The fourth-order valence-corrected chi connectivity index (χ4v) is 2.85. The van der Waals surface area contributed by atoms with Crippen molar-refractivity contribution in [2.75, 3.05) is 25.0 Å². The summed E-state index contributed by atoms with van der Waals surface area (Å²) in [5, 5.41) is 15.6. The molecule has 1 fully saturated rings. The van der Waals surface area contributed by atoms with E-state index in [1.807, 2.05) is 0 Å². The van der Waals surface area contributed by atoms with Gasteiger partial charge in [-0.1, -0.05) is 0 Å². The largest absolute Gasteiger partial charge is 0.493 e. The summed E-state index contributed by atoms with van der Waals surface area (Å²) in [5.41, 5.74) is 0.938. The topological polar surface area (TPSA) is 70.6 Å². The number of halogens is 2. The van der Waals surface area contributed by atoms with E-state index < -0.39 is 11.9 Å². The molecule has 2 atom stereocenters. The minimum Gasteiger partial charge on any atom is -0.493 e. The van der Waals surface area contributed by atoms with E-state index in [0.717, 1.165) is 13.0 Å². The zero-order chi connectivity index (χ0) is 14.8. The molecule has 22 heavy (non-hydrogen) atoms. The van der Waals surface area contributed by atoms with Gasteiger partial charge in [0.05, 0.1) is 18.4 Å². The highest BCUT2D eigenvalue weighted by Crippen LogP contribution is 2.34. The summed E-state index contributed by atoms with van der Waals surface area (Å²) in [6.07, 6.45) is 1.24. The van der Waals surface area contributed by atoms with E-state index in [1.54, 1.807) is 6.07 Å². The first kappa shape index (κ1) is 17.0. The number of piperidine rings is 1. The van der Waals surface area contributed by atoms with E-state index in [1.165, 1.54) is 6.07 Å². The molecule has 0 spiro atoms. The van der Waals surface area contributed by atoms with Crippen molar-refractivity contribution in [1.29, 1.82) is 0 Å². The monoisotopic (exact) mass is 330 g/mol. The van der Waals surface area contributed by atoms with Gasteiger partial charge in [-0.25, -0.2) is 4.39 Å². The highest BCUT2D eigenvalue weighted by Gasteiger charge is 2.26. The van der Waals surface area contributed by atoms with E-state index in [0.29, 0.717) is 37.3 Å². The van der Waals surface area contributed by atoms with Crippen molar-refractivity contribution in [2.24, 2.45) is 5.92 Å². The van der Waals surface area contributed by atoms with Gasteiger partial charge >= 0.3 is 0 Å². The number of nitrogens with one attached hydrogen (secondary N) is 2. The summed E-state index contributed by atoms with van der Waals surface area (Å²) in [6, 6.07) is 2.90. The van der Waals surface area contributed by atoms with Crippen LogP contribution in [0.4, 0.5) is 10.1 Å². The van der Waals surface area contributed by atoms with Gasteiger partial charge in [0.1, 0.15) is 11.6 Å². The number of benzene rings is 1. The zero-order valence-electron chi connectivity index (χ0n) is 12.1. The average molecular weight is 331 g/mol. The van der Waals surface area contributed by atoms with Crippen LogP contribution in [0, 0.1) is 11.7 Å². The first-order valence-corrected chi connectivity index (χ1v) is 7.28. The van der Waals surface area contributed by atoms with Gasteiger partial charge in [-0.3, -0.25) is 4.79 Å². The fourth-order valence-electron chi connectivity index (χ4n) is 2.85. The molecule has 1 aromatic rings. The number of rotatable bonds is 3.